The first-order chi connectivity index (χ1) is 8.65. The van der Waals surface area contributed by atoms with Crippen LogP contribution < -0.4 is 5.32 Å². The van der Waals surface area contributed by atoms with Crippen molar-refractivity contribution in [1.29, 1.82) is 0 Å². The highest BCUT2D eigenvalue weighted by atomic mass is 16.5. The normalized spacial score (nSPS) is 32.0. The maximum Gasteiger partial charge on any atom is 0.0469 e. The molecule has 18 heavy (non-hydrogen) atoms. The Morgan fingerprint density at radius 1 is 1.28 bits per heavy atom. The van der Waals surface area contributed by atoms with Crippen LogP contribution in [-0.4, -0.2) is 49.8 Å². The van der Waals surface area contributed by atoms with Crippen LogP contribution in [-0.2, 0) is 4.74 Å². The molecule has 2 fully saturated rings. The Bertz CT molecular complexity index is 239. The van der Waals surface area contributed by atoms with E-state index in [2.05, 4.69) is 31.0 Å². The van der Waals surface area contributed by atoms with E-state index in [1.165, 1.54) is 32.4 Å². The third-order valence-corrected chi connectivity index (χ3v) is 4.37. The van der Waals surface area contributed by atoms with E-state index >= 15 is 0 Å². The maximum atomic E-state index is 5.46. The van der Waals surface area contributed by atoms with Crippen LogP contribution in [0.1, 0.15) is 40.0 Å². The lowest BCUT2D eigenvalue weighted by molar-refractivity contribution is 0.0369. The molecule has 0 aromatic heterocycles. The van der Waals surface area contributed by atoms with E-state index in [9.17, 15) is 0 Å². The summed E-state index contributed by atoms with van der Waals surface area (Å²) in [4.78, 5) is 2.71. The van der Waals surface area contributed by atoms with Crippen LogP contribution in [0.3, 0.4) is 0 Å². The lowest BCUT2D eigenvalue weighted by Crippen LogP contribution is -2.56. The van der Waals surface area contributed by atoms with Gasteiger partial charge in [0.1, 0.15) is 0 Å². The highest BCUT2D eigenvalue weighted by Crippen LogP contribution is 2.20. The summed E-state index contributed by atoms with van der Waals surface area (Å²) in [6, 6.07) is 1.39. The Balaban J connectivity index is 1.80. The molecule has 2 heterocycles. The van der Waals surface area contributed by atoms with Gasteiger partial charge in [0, 0.05) is 44.9 Å². The van der Waals surface area contributed by atoms with Crippen LogP contribution in [0.25, 0.3) is 0 Å². The minimum atomic E-state index is 0.691. The molecule has 2 unspecified atom stereocenters. The van der Waals surface area contributed by atoms with Gasteiger partial charge in [-0.25, -0.2) is 0 Å². The predicted molar refractivity (Wildman–Crippen MR) is 75.8 cm³/mol. The zero-order valence-electron chi connectivity index (χ0n) is 12.3. The largest absolute Gasteiger partial charge is 0.381 e. The van der Waals surface area contributed by atoms with Crippen molar-refractivity contribution in [2.24, 2.45) is 11.8 Å². The fourth-order valence-electron chi connectivity index (χ4n) is 3.24. The molecule has 0 aromatic carbocycles. The molecule has 0 saturated carbocycles. The fourth-order valence-corrected chi connectivity index (χ4v) is 3.24. The van der Waals surface area contributed by atoms with E-state index < -0.39 is 0 Å². The van der Waals surface area contributed by atoms with Crippen molar-refractivity contribution in [1.82, 2.24) is 10.2 Å². The summed E-state index contributed by atoms with van der Waals surface area (Å²) in [7, 11) is 0. The van der Waals surface area contributed by atoms with E-state index in [-0.39, 0.29) is 0 Å². The van der Waals surface area contributed by atoms with Crippen molar-refractivity contribution in [2.45, 2.75) is 52.1 Å². The molecule has 2 atom stereocenters. The Labute approximate surface area is 112 Å². The van der Waals surface area contributed by atoms with Crippen LogP contribution in [0.15, 0.2) is 0 Å². The number of piperazine rings is 1. The average Bonchev–Trinajstić information content (AvgIpc) is 2.34. The minimum Gasteiger partial charge on any atom is -0.381 e. The van der Waals surface area contributed by atoms with Crippen molar-refractivity contribution in [3.63, 3.8) is 0 Å². The first-order valence-corrected chi connectivity index (χ1v) is 7.70. The maximum absolute atomic E-state index is 5.46. The van der Waals surface area contributed by atoms with Gasteiger partial charge in [0.15, 0.2) is 0 Å². The monoisotopic (exact) mass is 254 g/mol. The molecule has 0 spiro atoms. The molecule has 3 heteroatoms. The van der Waals surface area contributed by atoms with Gasteiger partial charge in [-0.1, -0.05) is 13.8 Å². The van der Waals surface area contributed by atoms with Crippen LogP contribution in [0.5, 0.6) is 0 Å². The van der Waals surface area contributed by atoms with Crippen LogP contribution >= 0.6 is 0 Å². The van der Waals surface area contributed by atoms with Crippen molar-refractivity contribution in [3.8, 4) is 0 Å². The van der Waals surface area contributed by atoms with Gasteiger partial charge in [-0.05, 0) is 38.0 Å². The van der Waals surface area contributed by atoms with E-state index in [0.717, 1.165) is 31.6 Å². The number of hydrogen-bond acceptors (Lipinski definition) is 3. The second-order valence-corrected chi connectivity index (χ2v) is 6.59. The molecule has 0 aliphatic carbocycles. The summed E-state index contributed by atoms with van der Waals surface area (Å²) in [5.74, 6) is 1.65. The Morgan fingerprint density at radius 3 is 2.67 bits per heavy atom. The summed E-state index contributed by atoms with van der Waals surface area (Å²) in [5, 5.41) is 3.70. The molecule has 1 N–H and O–H groups in total. The molecular formula is C15H30N2O. The van der Waals surface area contributed by atoms with E-state index in [1.807, 2.05) is 0 Å². The van der Waals surface area contributed by atoms with Gasteiger partial charge in [-0.2, -0.15) is 0 Å². The Morgan fingerprint density at radius 2 is 2.00 bits per heavy atom. The molecule has 0 amide bonds. The van der Waals surface area contributed by atoms with Gasteiger partial charge < -0.3 is 10.1 Å². The van der Waals surface area contributed by atoms with Gasteiger partial charge in [-0.3, -0.25) is 4.90 Å². The highest BCUT2D eigenvalue weighted by Gasteiger charge is 2.27. The number of rotatable bonds is 4. The van der Waals surface area contributed by atoms with Gasteiger partial charge in [0.2, 0.25) is 0 Å². The quantitative estimate of drug-likeness (QED) is 0.832. The van der Waals surface area contributed by atoms with Gasteiger partial charge in [0.25, 0.3) is 0 Å². The Kier molecular flexibility index (Phi) is 5.46. The molecule has 0 aromatic rings. The molecule has 2 aliphatic rings. The van der Waals surface area contributed by atoms with Crippen molar-refractivity contribution in [3.05, 3.63) is 0 Å². The third-order valence-electron chi connectivity index (χ3n) is 4.37. The van der Waals surface area contributed by atoms with Crippen molar-refractivity contribution < 1.29 is 4.74 Å². The Hall–Kier alpha value is -0.120. The van der Waals surface area contributed by atoms with Gasteiger partial charge in [-0.15, -0.1) is 0 Å². The molecule has 0 radical (unpaired) electrons. The average molecular weight is 254 g/mol. The zero-order chi connectivity index (χ0) is 13.0. The summed E-state index contributed by atoms with van der Waals surface area (Å²) in [6.07, 6.45) is 3.81. The van der Waals surface area contributed by atoms with Crippen molar-refractivity contribution in [2.75, 3.05) is 32.8 Å². The van der Waals surface area contributed by atoms with E-state index in [0.29, 0.717) is 12.1 Å². The van der Waals surface area contributed by atoms with Crippen LogP contribution in [0.4, 0.5) is 0 Å². The number of hydrogen-bond donors (Lipinski definition) is 1. The molecule has 2 rings (SSSR count). The molecule has 0 bridgehead atoms. The number of ether oxygens (including phenoxy) is 1. The fraction of sp³-hybridized carbons (Fsp3) is 1.00. The van der Waals surface area contributed by atoms with Crippen molar-refractivity contribution >= 4 is 0 Å². The molecule has 106 valence electrons. The highest BCUT2D eigenvalue weighted by molar-refractivity contribution is 4.85. The van der Waals surface area contributed by atoms with Crippen LogP contribution in [0, 0.1) is 11.8 Å². The topological polar surface area (TPSA) is 24.5 Å². The molecule has 2 saturated heterocycles. The zero-order valence-corrected chi connectivity index (χ0v) is 12.3. The second-order valence-electron chi connectivity index (χ2n) is 6.59. The molecular weight excluding hydrogens is 224 g/mol. The third kappa shape index (κ3) is 4.22. The lowest BCUT2D eigenvalue weighted by Gasteiger charge is -2.41. The van der Waals surface area contributed by atoms with E-state index in [1.54, 1.807) is 0 Å². The number of nitrogens with zero attached hydrogens (tertiary/aromatic N) is 1. The van der Waals surface area contributed by atoms with Crippen LogP contribution in [0.2, 0.25) is 0 Å². The summed E-state index contributed by atoms with van der Waals surface area (Å²) >= 11 is 0. The first kappa shape index (κ1) is 14.3. The standard InChI is InChI=1S/C15H30N2O/c1-12(2)8-15-11-17(13(3)9-16-15)10-14-4-6-18-7-5-14/h12-16H,4-11H2,1-3H3. The second kappa shape index (κ2) is 6.88. The summed E-state index contributed by atoms with van der Waals surface area (Å²) in [6.45, 7) is 12.6. The molecule has 3 nitrogen and oxygen atoms in total. The van der Waals surface area contributed by atoms with E-state index in [4.69, 9.17) is 4.74 Å². The minimum absolute atomic E-state index is 0.691. The van der Waals surface area contributed by atoms with Gasteiger partial charge >= 0.3 is 0 Å². The SMILES string of the molecule is CC(C)CC1CN(CC2CCOCC2)C(C)CN1. The summed E-state index contributed by atoms with van der Waals surface area (Å²) < 4.78 is 5.46. The lowest BCUT2D eigenvalue weighted by atomic mass is 9.96. The summed E-state index contributed by atoms with van der Waals surface area (Å²) in [5.41, 5.74) is 0. The first-order valence-electron chi connectivity index (χ1n) is 7.70. The number of nitrogens with one attached hydrogen (secondary N) is 1. The predicted octanol–water partition coefficient (Wildman–Crippen LogP) is 2.12. The smallest absolute Gasteiger partial charge is 0.0469 e. The van der Waals surface area contributed by atoms with Gasteiger partial charge in [0.05, 0.1) is 0 Å². The molecule has 2 aliphatic heterocycles.